The van der Waals surface area contributed by atoms with E-state index in [1.54, 1.807) is 19.1 Å². The van der Waals surface area contributed by atoms with E-state index < -0.39 is 5.67 Å². The summed E-state index contributed by atoms with van der Waals surface area (Å²) in [7, 11) is 3.01. The quantitative estimate of drug-likeness (QED) is 0.891. The van der Waals surface area contributed by atoms with Gasteiger partial charge in [-0.1, -0.05) is 11.6 Å². The number of anilines is 1. The lowest BCUT2D eigenvalue weighted by Crippen LogP contribution is -2.43. The SMILES string of the molecule is COc1cc(OC)c(NC(=O)CN2CCC(C)(F)CC2)cc1Cl. The molecule has 1 aliphatic heterocycles. The zero-order chi connectivity index (χ0) is 17.0. The molecule has 1 heterocycles. The molecule has 0 aliphatic carbocycles. The van der Waals surface area contributed by atoms with Crippen molar-refractivity contribution in [2.24, 2.45) is 0 Å². The zero-order valence-corrected chi connectivity index (χ0v) is 14.4. The smallest absolute Gasteiger partial charge is 0.238 e. The molecule has 0 atom stereocenters. The van der Waals surface area contributed by atoms with Gasteiger partial charge < -0.3 is 14.8 Å². The van der Waals surface area contributed by atoms with E-state index in [9.17, 15) is 9.18 Å². The Morgan fingerprint density at radius 3 is 2.48 bits per heavy atom. The molecule has 0 bridgehead atoms. The molecule has 1 aliphatic rings. The maximum Gasteiger partial charge on any atom is 0.238 e. The Morgan fingerprint density at radius 2 is 1.91 bits per heavy atom. The number of ether oxygens (including phenoxy) is 2. The van der Waals surface area contributed by atoms with Crippen LogP contribution in [0.3, 0.4) is 0 Å². The summed E-state index contributed by atoms with van der Waals surface area (Å²) in [6.07, 6.45) is 0.885. The van der Waals surface area contributed by atoms with E-state index in [4.69, 9.17) is 21.1 Å². The summed E-state index contributed by atoms with van der Waals surface area (Å²) in [4.78, 5) is 14.1. The normalized spacial score (nSPS) is 17.6. The molecule has 1 aromatic carbocycles. The van der Waals surface area contributed by atoms with Gasteiger partial charge >= 0.3 is 0 Å². The first kappa shape index (κ1) is 17.8. The molecule has 2 rings (SSSR count). The van der Waals surface area contributed by atoms with Gasteiger partial charge in [-0.25, -0.2) is 4.39 Å². The van der Waals surface area contributed by atoms with Crippen LogP contribution in [0.4, 0.5) is 10.1 Å². The second-order valence-corrected chi connectivity index (χ2v) is 6.33. The van der Waals surface area contributed by atoms with Crippen molar-refractivity contribution in [2.45, 2.75) is 25.4 Å². The van der Waals surface area contributed by atoms with Crippen LogP contribution in [0.2, 0.25) is 5.02 Å². The van der Waals surface area contributed by atoms with Gasteiger partial charge in [0.1, 0.15) is 17.2 Å². The molecule has 23 heavy (non-hydrogen) atoms. The van der Waals surface area contributed by atoms with Gasteiger partial charge in [-0.05, 0) is 25.8 Å². The molecule has 1 saturated heterocycles. The van der Waals surface area contributed by atoms with Crippen LogP contribution in [0.5, 0.6) is 11.5 Å². The van der Waals surface area contributed by atoms with E-state index in [2.05, 4.69) is 5.32 Å². The average Bonchev–Trinajstić information content (AvgIpc) is 2.50. The van der Waals surface area contributed by atoms with Crippen molar-refractivity contribution in [1.82, 2.24) is 4.90 Å². The number of likely N-dealkylation sites (tertiary alicyclic amines) is 1. The molecule has 7 heteroatoms. The predicted octanol–water partition coefficient (Wildman–Crippen LogP) is 3.12. The Hall–Kier alpha value is -1.53. The van der Waals surface area contributed by atoms with Crippen LogP contribution in [-0.4, -0.2) is 50.3 Å². The first-order valence-corrected chi connectivity index (χ1v) is 7.85. The fraction of sp³-hybridized carbons (Fsp3) is 0.562. The number of rotatable bonds is 5. The number of benzene rings is 1. The second-order valence-electron chi connectivity index (χ2n) is 5.92. The molecule has 0 radical (unpaired) electrons. The molecule has 0 aromatic heterocycles. The molecule has 1 fully saturated rings. The van der Waals surface area contributed by atoms with Crippen molar-refractivity contribution < 1.29 is 18.7 Å². The lowest BCUT2D eigenvalue weighted by Gasteiger charge is -2.33. The van der Waals surface area contributed by atoms with Gasteiger partial charge in [0.25, 0.3) is 0 Å². The number of alkyl halides is 1. The number of hydrogen-bond acceptors (Lipinski definition) is 4. The van der Waals surface area contributed by atoms with E-state index in [-0.39, 0.29) is 12.5 Å². The van der Waals surface area contributed by atoms with Crippen molar-refractivity contribution in [1.29, 1.82) is 0 Å². The fourth-order valence-electron chi connectivity index (χ4n) is 2.53. The van der Waals surface area contributed by atoms with Crippen molar-refractivity contribution in [3.63, 3.8) is 0 Å². The summed E-state index contributed by atoms with van der Waals surface area (Å²) >= 11 is 6.08. The summed E-state index contributed by atoms with van der Waals surface area (Å²) in [6.45, 7) is 2.96. The number of piperidine rings is 1. The third-order valence-corrected chi connectivity index (χ3v) is 4.31. The summed E-state index contributed by atoms with van der Waals surface area (Å²) in [6, 6.07) is 3.21. The minimum Gasteiger partial charge on any atom is -0.495 e. The molecule has 1 amide bonds. The van der Waals surface area contributed by atoms with E-state index >= 15 is 0 Å². The van der Waals surface area contributed by atoms with Gasteiger partial charge in [0.15, 0.2) is 0 Å². The Labute approximate surface area is 140 Å². The van der Waals surface area contributed by atoms with Gasteiger partial charge in [-0.15, -0.1) is 0 Å². The molecule has 128 valence electrons. The molecule has 0 unspecified atom stereocenters. The third-order valence-electron chi connectivity index (χ3n) is 4.01. The van der Waals surface area contributed by atoms with Gasteiger partial charge in [-0.3, -0.25) is 9.69 Å². The van der Waals surface area contributed by atoms with Crippen LogP contribution >= 0.6 is 11.6 Å². The standard InChI is InChI=1S/C16H22ClFN2O3/c1-16(18)4-6-20(7-5-16)10-15(21)19-12-8-11(17)13(22-2)9-14(12)23-3/h8-9H,4-7,10H2,1-3H3,(H,19,21). The van der Waals surface area contributed by atoms with Crippen LogP contribution in [0, 0.1) is 0 Å². The first-order valence-electron chi connectivity index (χ1n) is 7.47. The molecule has 0 saturated carbocycles. The molecular weight excluding hydrogens is 323 g/mol. The first-order chi connectivity index (χ1) is 10.8. The van der Waals surface area contributed by atoms with Crippen LogP contribution in [-0.2, 0) is 4.79 Å². The Balaban J connectivity index is 1.99. The lowest BCUT2D eigenvalue weighted by atomic mass is 9.96. The molecule has 1 N–H and O–H groups in total. The second kappa shape index (κ2) is 7.36. The fourth-order valence-corrected chi connectivity index (χ4v) is 2.77. The topological polar surface area (TPSA) is 50.8 Å². The summed E-state index contributed by atoms with van der Waals surface area (Å²) < 4.78 is 24.1. The maximum atomic E-state index is 13.8. The number of halogens is 2. The Bertz CT molecular complexity index is 571. The number of nitrogens with one attached hydrogen (secondary N) is 1. The Kier molecular flexibility index (Phi) is 5.70. The largest absolute Gasteiger partial charge is 0.495 e. The zero-order valence-electron chi connectivity index (χ0n) is 13.6. The van der Waals surface area contributed by atoms with Gasteiger partial charge in [0.05, 0.1) is 31.5 Å². The highest BCUT2D eigenvalue weighted by molar-refractivity contribution is 6.32. The Morgan fingerprint density at radius 1 is 1.30 bits per heavy atom. The lowest BCUT2D eigenvalue weighted by molar-refractivity contribution is -0.118. The van der Waals surface area contributed by atoms with Crippen molar-refractivity contribution in [3.05, 3.63) is 17.2 Å². The molecule has 0 spiro atoms. The highest BCUT2D eigenvalue weighted by Gasteiger charge is 2.30. The van der Waals surface area contributed by atoms with E-state index in [1.165, 1.54) is 14.2 Å². The monoisotopic (exact) mass is 344 g/mol. The number of carbonyl (C=O) groups excluding carboxylic acids is 1. The van der Waals surface area contributed by atoms with Crippen LogP contribution in [0.1, 0.15) is 19.8 Å². The van der Waals surface area contributed by atoms with Crippen LogP contribution < -0.4 is 14.8 Å². The van der Waals surface area contributed by atoms with Crippen molar-refractivity contribution in [3.8, 4) is 11.5 Å². The van der Waals surface area contributed by atoms with Gasteiger partial charge in [0.2, 0.25) is 5.91 Å². The van der Waals surface area contributed by atoms with Crippen molar-refractivity contribution >= 4 is 23.2 Å². The summed E-state index contributed by atoms with van der Waals surface area (Å²) in [5, 5.41) is 3.17. The molecule has 5 nitrogen and oxygen atoms in total. The molecular formula is C16H22ClFN2O3. The minimum atomic E-state index is -1.13. The summed E-state index contributed by atoms with van der Waals surface area (Å²) in [5.41, 5.74) is -0.643. The number of nitrogens with zero attached hydrogens (tertiary/aromatic N) is 1. The van der Waals surface area contributed by atoms with E-state index in [0.717, 1.165) is 0 Å². The summed E-state index contributed by atoms with van der Waals surface area (Å²) in [5.74, 6) is 0.751. The minimum absolute atomic E-state index is 0.188. The number of amides is 1. The van der Waals surface area contributed by atoms with E-state index in [1.807, 2.05) is 4.90 Å². The van der Waals surface area contributed by atoms with Crippen LogP contribution in [0.25, 0.3) is 0 Å². The van der Waals surface area contributed by atoms with Gasteiger partial charge in [-0.2, -0.15) is 0 Å². The highest BCUT2D eigenvalue weighted by Crippen LogP contribution is 2.35. The average molecular weight is 345 g/mol. The number of carbonyl (C=O) groups is 1. The van der Waals surface area contributed by atoms with Crippen molar-refractivity contribution in [2.75, 3.05) is 39.2 Å². The number of hydrogen-bond donors (Lipinski definition) is 1. The third kappa shape index (κ3) is 4.72. The van der Waals surface area contributed by atoms with E-state index in [0.29, 0.717) is 48.1 Å². The predicted molar refractivity (Wildman–Crippen MR) is 88.4 cm³/mol. The maximum absolute atomic E-state index is 13.8. The van der Waals surface area contributed by atoms with Crippen LogP contribution in [0.15, 0.2) is 12.1 Å². The van der Waals surface area contributed by atoms with Gasteiger partial charge in [0, 0.05) is 19.2 Å². The number of methoxy groups -OCH3 is 2. The molecule has 1 aromatic rings. The highest BCUT2D eigenvalue weighted by atomic mass is 35.5.